The molecule has 2 aromatic rings. The maximum absolute atomic E-state index is 5.42. The number of aromatic nitrogens is 4. The molecule has 0 radical (unpaired) electrons. The normalized spacial score (nSPS) is 17.4. The number of methoxy groups -OCH3 is 1. The fourth-order valence-corrected chi connectivity index (χ4v) is 3.74. The number of hydrogen-bond donors (Lipinski definition) is 1. The molecule has 1 aliphatic carbocycles. The lowest BCUT2D eigenvalue weighted by Crippen LogP contribution is -2.37. The van der Waals surface area contributed by atoms with Gasteiger partial charge >= 0.3 is 0 Å². The van der Waals surface area contributed by atoms with Gasteiger partial charge in [-0.25, -0.2) is 4.98 Å². The van der Waals surface area contributed by atoms with Crippen molar-refractivity contribution in [2.24, 2.45) is 0 Å². The largest absolute Gasteiger partial charge is 0.479 e. The van der Waals surface area contributed by atoms with E-state index in [0.717, 1.165) is 17.7 Å². The molecule has 0 unspecified atom stereocenters. The Morgan fingerprint density at radius 2 is 2.32 bits per heavy atom. The second-order valence-corrected chi connectivity index (χ2v) is 6.50. The van der Waals surface area contributed by atoms with Crippen LogP contribution in [0.1, 0.15) is 19.3 Å². The molecule has 0 spiro atoms. The molecule has 1 saturated carbocycles. The van der Waals surface area contributed by atoms with Crippen LogP contribution in [0.4, 0.5) is 0 Å². The predicted octanol–water partition coefficient (Wildman–Crippen LogP) is 2.78. The molecular formula is C12H16N4OS2. The highest BCUT2D eigenvalue weighted by atomic mass is 32.2. The van der Waals surface area contributed by atoms with E-state index in [1.165, 1.54) is 25.6 Å². The van der Waals surface area contributed by atoms with Crippen molar-refractivity contribution in [2.75, 3.05) is 13.4 Å². The van der Waals surface area contributed by atoms with E-state index >= 15 is 0 Å². The number of aromatic amines is 1. The Kier molecular flexibility index (Phi) is 3.26. The third-order valence-corrected chi connectivity index (χ3v) is 5.59. The van der Waals surface area contributed by atoms with Crippen LogP contribution in [0.25, 0.3) is 11.2 Å². The molecule has 0 saturated heterocycles. The molecule has 0 aromatic carbocycles. The second kappa shape index (κ2) is 4.79. The van der Waals surface area contributed by atoms with Crippen molar-refractivity contribution in [1.82, 2.24) is 19.5 Å². The Hall–Kier alpha value is -1.08. The maximum Gasteiger partial charge on any atom is 0.242 e. The molecule has 1 N–H and O–H groups in total. The van der Waals surface area contributed by atoms with Gasteiger partial charge in [0.05, 0.1) is 7.11 Å². The van der Waals surface area contributed by atoms with Crippen LogP contribution in [0.3, 0.4) is 0 Å². The zero-order chi connectivity index (χ0) is 13.5. The summed E-state index contributed by atoms with van der Waals surface area (Å²) < 4.78 is 8.32. The third-order valence-electron chi connectivity index (χ3n) is 3.86. The molecule has 0 aliphatic heterocycles. The van der Waals surface area contributed by atoms with Gasteiger partial charge in [0, 0.05) is 11.3 Å². The van der Waals surface area contributed by atoms with Gasteiger partial charge in [0.15, 0.2) is 10.4 Å². The zero-order valence-electron chi connectivity index (χ0n) is 11.0. The van der Waals surface area contributed by atoms with Gasteiger partial charge in [0.1, 0.15) is 11.8 Å². The Morgan fingerprint density at radius 3 is 2.89 bits per heavy atom. The summed E-state index contributed by atoms with van der Waals surface area (Å²) in [6.45, 7) is 0.896. The molecule has 19 heavy (non-hydrogen) atoms. The van der Waals surface area contributed by atoms with Crippen LogP contribution in [0.15, 0.2) is 6.33 Å². The molecule has 1 fully saturated rings. The standard InChI is InChI=1S/C12H16N4OS2/c1-17-10-8-9(13-7-14-10)16(11(18)15-8)6-12(19-2)4-3-5-12/h7H,3-6H2,1-2H3,(H,15,18). The molecular weight excluding hydrogens is 280 g/mol. The Bertz CT molecular complexity index is 654. The summed E-state index contributed by atoms with van der Waals surface area (Å²) in [7, 11) is 1.60. The van der Waals surface area contributed by atoms with E-state index in [-0.39, 0.29) is 0 Å². The van der Waals surface area contributed by atoms with Crippen molar-refractivity contribution in [3.8, 4) is 5.88 Å². The monoisotopic (exact) mass is 296 g/mol. The number of thioether (sulfide) groups is 1. The van der Waals surface area contributed by atoms with E-state index in [2.05, 4.69) is 25.8 Å². The van der Waals surface area contributed by atoms with Gasteiger partial charge in [-0.1, -0.05) is 6.42 Å². The Balaban J connectivity index is 2.08. The van der Waals surface area contributed by atoms with Crippen molar-refractivity contribution in [1.29, 1.82) is 0 Å². The van der Waals surface area contributed by atoms with Gasteiger partial charge in [-0.15, -0.1) is 0 Å². The first-order valence-corrected chi connectivity index (χ1v) is 7.85. The molecule has 1 aliphatic rings. The maximum atomic E-state index is 5.42. The first-order chi connectivity index (χ1) is 9.19. The number of hydrogen-bond acceptors (Lipinski definition) is 5. The van der Waals surface area contributed by atoms with E-state index in [1.807, 2.05) is 11.8 Å². The molecule has 0 bridgehead atoms. The SMILES string of the molecule is COc1ncnc2c1[nH]c(=S)n2CC1(SC)CCC1. The quantitative estimate of drug-likeness (QED) is 0.879. The number of imidazole rings is 1. The predicted molar refractivity (Wildman–Crippen MR) is 79.4 cm³/mol. The molecule has 7 heteroatoms. The van der Waals surface area contributed by atoms with E-state index in [9.17, 15) is 0 Å². The number of rotatable bonds is 4. The highest BCUT2D eigenvalue weighted by Gasteiger charge is 2.37. The van der Waals surface area contributed by atoms with Crippen LogP contribution in [-0.4, -0.2) is 37.6 Å². The van der Waals surface area contributed by atoms with Crippen molar-refractivity contribution in [3.05, 3.63) is 11.1 Å². The van der Waals surface area contributed by atoms with E-state index < -0.39 is 0 Å². The number of fused-ring (bicyclic) bond motifs is 1. The highest BCUT2D eigenvalue weighted by Crippen LogP contribution is 2.44. The Morgan fingerprint density at radius 1 is 1.53 bits per heavy atom. The average molecular weight is 296 g/mol. The summed E-state index contributed by atoms with van der Waals surface area (Å²) in [5, 5.41) is 0. The minimum absolute atomic E-state index is 0.311. The van der Waals surface area contributed by atoms with Crippen LogP contribution >= 0.6 is 24.0 Å². The van der Waals surface area contributed by atoms with Crippen LogP contribution in [0, 0.1) is 4.77 Å². The minimum Gasteiger partial charge on any atom is -0.479 e. The fraction of sp³-hybridized carbons (Fsp3) is 0.583. The van der Waals surface area contributed by atoms with E-state index in [4.69, 9.17) is 17.0 Å². The number of H-pyrrole nitrogens is 1. The van der Waals surface area contributed by atoms with Gasteiger partial charge in [0.25, 0.3) is 0 Å². The average Bonchev–Trinajstić information content (AvgIpc) is 2.69. The molecule has 3 rings (SSSR count). The van der Waals surface area contributed by atoms with E-state index in [1.54, 1.807) is 7.11 Å². The first-order valence-electron chi connectivity index (χ1n) is 6.22. The van der Waals surface area contributed by atoms with Crippen molar-refractivity contribution in [3.63, 3.8) is 0 Å². The topological polar surface area (TPSA) is 55.7 Å². The summed E-state index contributed by atoms with van der Waals surface area (Å²) in [4.78, 5) is 11.6. The minimum atomic E-state index is 0.311. The first kappa shape index (κ1) is 12.9. The van der Waals surface area contributed by atoms with Gasteiger partial charge in [-0.2, -0.15) is 16.7 Å². The summed E-state index contributed by atoms with van der Waals surface area (Å²) in [5.74, 6) is 0.543. The fourth-order valence-electron chi connectivity index (χ4n) is 2.53. The van der Waals surface area contributed by atoms with Crippen LogP contribution in [0.5, 0.6) is 5.88 Å². The van der Waals surface area contributed by atoms with Crippen LogP contribution in [-0.2, 0) is 6.54 Å². The van der Waals surface area contributed by atoms with Crippen molar-refractivity contribution < 1.29 is 4.74 Å². The Labute approximate surface area is 120 Å². The molecule has 5 nitrogen and oxygen atoms in total. The molecule has 2 heterocycles. The van der Waals surface area contributed by atoms with Gasteiger partial charge in [-0.3, -0.25) is 4.57 Å². The molecule has 0 amide bonds. The summed E-state index contributed by atoms with van der Waals surface area (Å²) >= 11 is 7.35. The van der Waals surface area contributed by atoms with Crippen LogP contribution < -0.4 is 4.74 Å². The van der Waals surface area contributed by atoms with Gasteiger partial charge < -0.3 is 9.72 Å². The van der Waals surface area contributed by atoms with Gasteiger partial charge in [-0.05, 0) is 31.3 Å². The zero-order valence-corrected chi connectivity index (χ0v) is 12.6. The number of nitrogens with one attached hydrogen (secondary N) is 1. The smallest absolute Gasteiger partial charge is 0.242 e. The molecule has 102 valence electrons. The van der Waals surface area contributed by atoms with E-state index in [0.29, 0.717) is 15.4 Å². The summed E-state index contributed by atoms with van der Waals surface area (Å²) in [5.41, 5.74) is 1.61. The second-order valence-electron chi connectivity index (χ2n) is 4.84. The molecule has 2 aromatic heterocycles. The lowest BCUT2D eigenvalue weighted by Gasteiger charge is -2.40. The summed E-state index contributed by atoms with van der Waals surface area (Å²) in [6.07, 6.45) is 7.48. The highest BCUT2D eigenvalue weighted by molar-refractivity contribution is 8.00. The number of ether oxygens (including phenoxy) is 1. The van der Waals surface area contributed by atoms with Crippen molar-refractivity contribution >= 4 is 35.1 Å². The molecule has 0 atom stereocenters. The number of nitrogens with zero attached hydrogens (tertiary/aromatic N) is 3. The lowest BCUT2D eigenvalue weighted by molar-refractivity contribution is 0.323. The summed E-state index contributed by atoms with van der Waals surface area (Å²) in [6, 6.07) is 0. The third kappa shape index (κ3) is 2.04. The van der Waals surface area contributed by atoms with Crippen LogP contribution in [0.2, 0.25) is 0 Å². The van der Waals surface area contributed by atoms with Crippen molar-refractivity contribution in [2.45, 2.75) is 30.6 Å². The lowest BCUT2D eigenvalue weighted by atomic mass is 9.84. The van der Waals surface area contributed by atoms with Gasteiger partial charge in [0.2, 0.25) is 5.88 Å².